The summed E-state index contributed by atoms with van der Waals surface area (Å²) < 4.78 is 0. The second-order valence-corrected chi connectivity index (χ2v) is 1.90. The Labute approximate surface area is 79.2 Å². The molecule has 1 aromatic rings. The Balaban J connectivity index is 0.000000791. The minimum atomic E-state index is -0.723. The third kappa shape index (κ3) is 4.19. The standard InChI is InChI=1S/C8H5O4.H2O2/c9-6-11-12-8(10)7-4-2-1-3-5-7;1-2/h1-5H;1-2H. The van der Waals surface area contributed by atoms with Gasteiger partial charge in [0.2, 0.25) is 0 Å². The fourth-order valence-electron chi connectivity index (χ4n) is 0.677. The molecule has 1 radical (unpaired) electrons. The van der Waals surface area contributed by atoms with Crippen LogP contribution in [-0.4, -0.2) is 23.0 Å². The average molecular weight is 199 g/mol. The molecule has 6 heteroatoms. The van der Waals surface area contributed by atoms with Crippen LogP contribution in [0.4, 0.5) is 0 Å². The summed E-state index contributed by atoms with van der Waals surface area (Å²) in [7, 11) is 0. The van der Waals surface area contributed by atoms with Gasteiger partial charge in [-0.15, -0.1) is 0 Å². The Kier molecular flexibility index (Phi) is 6.66. The Hall–Kier alpha value is -1.92. The van der Waals surface area contributed by atoms with Gasteiger partial charge in [-0.05, 0) is 12.1 Å². The summed E-state index contributed by atoms with van der Waals surface area (Å²) in [6.45, 7) is 0.975. The molecule has 0 saturated heterocycles. The zero-order chi connectivity index (χ0) is 10.8. The Morgan fingerprint density at radius 2 is 1.79 bits per heavy atom. The molecule has 0 aliphatic carbocycles. The van der Waals surface area contributed by atoms with Gasteiger partial charge in [0, 0.05) is 0 Å². The fourth-order valence-corrected chi connectivity index (χ4v) is 0.677. The number of rotatable bonds is 3. The van der Waals surface area contributed by atoms with Crippen LogP contribution in [0.2, 0.25) is 0 Å². The molecule has 1 aromatic carbocycles. The zero-order valence-electron chi connectivity index (χ0n) is 6.91. The third-order valence-electron chi connectivity index (χ3n) is 1.16. The van der Waals surface area contributed by atoms with Gasteiger partial charge in [-0.3, -0.25) is 10.5 Å². The summed E-state index contributed by atoms with van der Waals surface area (Å²) in [5.41, 5.74) is 0.313. The first-order valence-corrected chi connectivity index (χ1v) is 3.34. The van der Waals surface area contributed by atoms with Crippen LogP contribution >= 0.6 is 0 Å². The molecular formula is C8H7O6. The van der Waals surface area contributed by atoms with Crippen molar-refractivity contribution in [3.63, 3.8) is 0 Å². The van der Waals surface area contributed by atoms with Crippen LogP contribution in [0.5, 0.6) is 0 Å². The maximum atomic E-state index is 10.9. The van der Waals surface area contributed by atoms with Crippen LogP contribution in [0.25, 0.3) is 0 Å². The number of carbonyl (C=O) groups excluding carboxylic acids is 2. The maximum absolute atomic E-state index is 10.9. The van der Waals surface area contributed by atoms with E-state index in [-0.39, 0.29) is 0 Å². The summed E-state index contributed by atoms with van der Waals surface area (Å²) in [5.74, 6) is -0.723. The van der Waals surface area contributed by atoms with Crippen molar-refractivity contribution in [3.05, 3.63) is 35.9 Å². The lowest BCUT2D eigenvalue weighted by Crippen LogP contribution is -2.04. The SMILES string of the molecule is O=[C]OOC(=O)c1ccccc1.OO. The van der Waals surface area contributed by atoms with E-state index >= 15 is 0 Å². The van der Waals surface area contributed by atoms with Gasteiger partial charge in [0.05, 0.1) is 5.56 Å². The first-order chi connectivity index (χ1) is 6.84. The number of hydrogen-bond acceptors (Lipinski definition) is 6. The molecule has 0 aliphatic heterocycles. The Bertz CT molecular complexity index is 270. The summed E-state index contributed by atoms with van der Waals surface area (Å²) in [6, 6.07) is 8.17. The van der Waals surface area contributed by atoms with Crippen LogP contribution in [0.3, 0.4) is 0 Å². The lowest BCUT2D eigenvalue weighted by Gasteiger charge is -1.96. The van der Waals surface area contributed by atoms with Gasteiger partial charge in [0.15, 0.2) is 0 Å². The van der Waals surface area contributed by atoms with Crippen molar-refractivity contribution in [1.29, 1.82) is 0 Å². The quantitative estimate of drug-likeness (QED) is 0.553. The van der Waals surface area contributed by atoms with E-state index in [2.05, 4.69) is 9.78 Å². The van der Waals surface area contributed by atoms with Crippen LogP contribution in [0.1, 0.15) is 10.4 Å². The molecule has 0 heterocycles. The second-order valence-electron chi connectivity index (χ2n) is 1.90. The monoisotopic (exact) mass is 199 g/mol. The highest BCUT2D eigenvalue weighted by Gasteiger charge is 2.06. The first-order valence-electron chi connectivity index (χ1n) is 3.34. The van der Waals surface area contributed by atoms with Crippen molar-refractivity contribution >= 4 is 12.4 Å². The molecule has 0 saturated carbocycles. The van der Waals surface area contributed by atoms with Crippen LogP contribution in [0.15, 0.2) is 30.3 Å². The van der Waals surface area contributed by atoms with E-state index in [4.69, 9.17) is 10.5 Å². The van der Waals surface area contributed by atoms with Gasteiger partial charge < -0.3 is 0 Å². The normalized spacial score (nSPS) is 7.86. The molecule has 14 heavy (non-hydrogen) atoms. The van der Waals surface area contributed by atoms with E-state index < -0.39 is 5.97 Å². The van der Waals surface area contributed by atoms with Gasteiger partial charge in [-0.1, -0.05) is 18.2 Å². The molecule has 0 aliphatic rings. The van der Waals surface area contributed by atoms with E-state index in [0.29, 0.717) is 5.56 Å². The largest absolute Gasteiger partial charge is 0.467 e. The Morgan fingerprint density at radius 1 is 1.21 bits per heavy atom. The smallest absolute Gasteiger partial charge is 0.255 e. The van der Waals surface area contributed by atoms with E-state index in [9.17, 15) is 9.59 Å². The summed E-state index contributed by atoms with van der Waals surface area (Å²) in [5, 5.41) is 12.0. The van der Waals surface area contributed by atoms with Crippen LogP contribution < -0.4 is 0 Å². The highest BCUT2D eigenvalue weighted by Crippen LogP contribution is 2.00. The predicted octanol–water partition coefficient (Wildman–Crippen LogP) is 0.860. The summed E-state index contributed by atoms with van der Waals surface area (Å²) >= 11 is 0. The number of benzene rings is 1. The molecule has 0 fully saturated rings. The van der Waals surface area contributed by atoms with E-state index in [1.165, 1.54) is 12.1 Å². The second kappa shape index (κ2) is 7.71. The molecule has 2 N–H and O–H groups in total. The molecule has 0 spiro atoms. The van der Waals surface area contributed by atoms with Crippen LogP contribution in [0, 0.1) is 0 Å². The van der Waals surface area contributed by atoms with E-state index in [1.54, 1.807) is 18.2 Å². The van der Waals surface area contributed by atoms with E-state index in [1.807, 2.05) is 0 Å². The van der Waals surface area contributed by atoms with Gasteiger partial charge in [-0.25, -0.2) is 19.4 Å². The van der Waals surface area contributed by atoms with Gasteiger partial charge in [0.25, 0.3) is 0 Å². The number of carbonyl (C=O) groups is 1. The minimum Gasteiger partial charge on any atom is -0.255 e. The fraction of sp³-hybridized carbons (Fsp3) is 0. The van der Waals surface area contributed by atoms with E-state index in [0.717, 1.165) is 6.47 Å². The maximum Gasteiger partial charge on any atom is 0.467 e. The lowest BCUT2D eigenvalue weighted by atomic mass is 10.2. The molecule has 0 unspecified atom stereocenters. The van der Waals surface area contributed by atoms with Crippen molar-refractivity contribution in [3.8, 4) is 0 Å². The first kappa shape index (κ1) is 12.1. The average Bonchev–Trinajstić information content (AvgIpc) is 2.30. The topological polar surface area (TPSA) is 93.1 Å². The van der Waals surface area contributed by atoms with Crippen molar-refractivity contribution in [2.45, 2.75) is 0 Å². The van der Waals surface area contributed by atoms with Crippen molar-refractivity contribution in [1.82, 2.24) is 0 Å². The predicted molar refractivity (Wildman–Crippen MR) is 43.9 cm³/mol. The van der Waals surface area contributed by atoms with Gasteiger partial charge >= 0.3 is 12.4 Å². The Morgan fingerprint density at radius 3 is 2.29 bits per heavy atom. The molecule has 75 valence electrons. The third-order valence-corrected chi connectivity index (χ3v) is 1.16. The minimum absolute atomic E-state index is 0.313. The summed E-state index contributed by atoms with van der Waals surface area (Å²) in [6.07, 6.45) is 0. The lowest BCUT2D eigenvalue weighted by molar-refractivity contribution is -0.176. The zero-order valence-corrected chi connectivity index (χ0v) is 6.91. The molecule has 0 bridgehead atoms. The molecule has 6 nitrogen and oxygen atoms in total. The van der Waals surface area contributed by atoms with Crippen molar-refractivity contribution < 1.29 is 29.9 Å². The summed E-state index contributed by atoms with van der Waals surface area (Å²) in [4.78, 5) is 28.1. The van der Waals surface area contributed by atoms with Gasteiger partial charge in [-0.2, -0.15) is 0 Å². The van der Waals surface area contributed by atoms with Crippen LogP contribution in [-0.2, 0) is 14.6 Å². The number of hydrogen-bond donors (Lipinski definition) is 2. The molecule has 0 amide bonds. The highest BCUT2D eigenvalue weighted by molar-refractivity contribution is 5.88. The molecule has 0 aromatic heterocycles. The molecule has 0 atom stereocenters. The van der Waals surface area contributed by atoms with Crippen molar-refractivity contribution in [2.75, 3.05) is 0 Å². The van der Waals surface area contributed by atoms with Gasteiger partial charge in [0.1, 0.15) is 0 Å². The molecular weight excluding hydrogens is 192 g/mol. The molecule has 1 rings (SSSR count). The highest BCUT2D eigenvalue weighted by atomic mass is 17.2. The van der Waals surface area contributed by atoms with Crippen molar-refractivity contribution in [2.24, 2.45) is 0 Å².